The Morgan fingerprint density at radius 2 is 2.07 bits per heavy atom. The highest BCUT2D eigenvalue weighted by Crippen LogP contribution is 2.82. The van der Waals surface area contributed by atoms with E-state index in [0.717, 1.165) is 19.4 Å². The molecule has 4 heterocycles. The molecule has 1 spiro atoms. The fraction of sp³-hybridized carbons (Fsp3) is 1.00. The molecule has 0 radical (unpaired) electrons. The summed E-state index contributed by atoms with van der Waals surface area (Å²) in [6, 6.07) is 0.428. The molecule has 5 saturated carbocycles. The van der Waals surface area contributed by atoms with E-state index in [9.17, 15) is 10.2 Å². The van der Waals surface area contributed by atoms with Crippen LogP contribution in [0.5, 0.6) is 0 Å². The molecule has 4 aliphatic heterocycles. The third-order valence-electron chi connectivity index (χ3n) is 11.1. The molecule has 5 heteroatoms. The highest BCUT2D eigenvalue weighted by Gasteiger charge is 2.86. The average molecular weight is 376 g/mol. The van der Waals surface area contributed by atoms with Crippen LogP contribution in [-0.2, 0) is 9.47 Å². The fourth-order valence-corrected chi connectivity index (χ4v) is 10.6. The number of nitrogens with zero attached hydrogens (tertiary/aromatic N) is 1. The number of hydrogen-bond acceptors (Lipinski definition) is 5. The zero-order chi connectivity index (χ0) is 18.5. The lowest BCUT2D eigenvalue weighted by Gasteiger charge is -2.75. The Hall–Kier alpha value is -0.200. The van der Waals surface area contributed by atoms with Crippen molar-refractivity contribution in [1.29, 1.82) is 0 Å². The average Bonchev–Trinajstić information content (AvgIpc) is 3.11. The van der Waals surface area contributed by atoms with Crippen LogP contribution in [0.1, 0.15) is 46.0 Å². The van der Waals surface area contributed by atoms with Gasteiger partial charge in [0.1, 0.15) is 6.23 Å². The molecule has 27 heavy (non-hydrogen) atoms. The topological polar surface area (TPSA) is 62.2 Å². The molecule has 9 bridgehead atoms. The van der Waals surface area contributed by atoms with Crippen molar-refractivity contribution in [3.05, 3.63) is 0 Å². The summed E-state index contributed by atoms with van der Waals surface area (Å²) in [5.41, 5.74) is -0.442. The molecule has 5 nitrogen and oxygen atoms in total. The van der Waals surface area contributed by atoms with Crippen LogP contribution in [0.3, 0.4) is 0 Å². The Morgan fingerprint density at radius 3 is 2.81 bits per heavy atom. The van der Waals surface area contributed by atoms with Crippen molar-refractivity contribution >= 4 is 0 Å². The van der Waals surface area contributed by atoms with Crippen LogP contribution in [-0.4, -0.2) is 65.0 Å². The number of ether oxygens (including phenoxy) is 2. The van der Waals surface area contributed by atoms with Gasteiger partial charge in [-0.1, -0.05) is 13.8 Å². The Bertz CT molecular complexity index is 716. The summed E-state index contributed by atoms with van der Waals surface area (Å²) < 4.78 is 12.6. The first-order valence-electron chi connectivity index (χ1n) is 11.3. The molecule has 150 valence electrons. The maximum Gasteiger partial charge on any atom is 0.116 e. The first-order chi connectivity index (χ1) is 12.9. The van der Waals surface area contributed by atoms with Crippen LogP contribution in [0.25, 0.3) is 0 Å². The second-order valence-electron chi connectivity index (χ2n) is 11.2. The normalized spacial score (nSPS) is 70.1. The quantitative estimate of drug-likeness (QED) is 0.768. The van der Waals surface area contributed by atoms with E-state index in [1.807, 2.05) is 0 Å². The van der Waals surface area contributed by atoms with Gasteiger partial charge >= 0.3 is 0 Å². The molecule has 0 unspecified atom stereocenters. The second kappa shape index (κ2) is 4.59. The molecule has 0 aromatic heterocycles. The van der Waals surface area contributed by atoms with E-state index in [1.165, 1.54) is 12.8 Å². The van der Waals surface area contributed by atoms with E-state index in [2.05, 4.69) is 18.7 Å². The van der Waals surface area contributed by atoms with Crippen LogP contribution in [0, 0.1) is 40.4 Å². The van der Waals surface area contributed by atoms with E-state index in [1.54, 1.807) is 7.11 Å². The largest absolute Gasteiger partial charge is 0.392 e. The minimum absolute atomic E-state index is 0.0113. The Labute approximate surface area is 161 Å². The van der Waals surface area contributed by atoms with Crippen molar-refractivity contribution < 1.29 is 19.7 Å². The van der Waals surface area contributed by atoms with E-state index in [-0.39, 0.29) is 40.9 Å². The SMILES string of the molecule is CCN1[C@@H]2O[C@H]3CC[C@]2(C)[C@H]2C[C@H]4[C@@H]1[C@@]32[C@@H]1C[C@H]2[C@H](O)[C@@H]1[C@]4(O)C[C@@H]2OC. The van der Waals surface area contributed by atoms with Gasteiger partial charge < -0.3 is 19.7 Å². The van der Waals surface area contributed by atoms with Crippen LogP contribution >= 0.6 is 0 Å². The molecule has 0 aromatic rings. The van der Waals surface area contributed by atoms with Gasteiger partial charge in [-0.15, -0.1) is 0 Å². The highest BCUT2D eigenvalue weighted by molar-refractivity contribution is 5.35. The first kappa shape index (κ1) is 16.6. The predicted octanol–water partition coefficient (Wildman–Crippen LogP) is 1.61. The van der Waals surface area contributed by atoms with Crippen LogP contribution in [0.15, 0.2) is 0 Å². The molecule has 13 atom stereocenters. The van der Waals surface area contributed by atoms with Crippen molar-refractivity contribution in [2.75, 3.05) is 13.7 Å². The molecule has 0 aromatic carbocycles. The van der Waals surface area contributed by atoms with Crippen molar-refractivity contribution in [2.45, 2.75) is 82.1 Å². The molecule has 9 rings (SSSR count). The minimum Gasteiger partial charge on any atom is -0.392 e. The summed E-state index contributed by atoms with van der Waals surface area (Å²) in [6.45, 7) is 5.73. The van der Waals surface area contributed by atoms with E-state index < -0.39 is 11.7 Å². The van der Waals surface area contributed by atoms with Crippen molar-refractivity contribution in [1.82, 2.24) is 4.90 Å². The van der Waals surface area contributed by atoms with Crippen molar-refractivity contribution in [3.63, 3.8) is 0 Å². The number of fused-ring (bicyclic) bond motifs is 3. The van der Waals surface area contributed by atoms with Crippen LogP contribution in [0.2, 0.25) is 0 Å². The number of aliphatic hydroxyl groups excluding tert-OH is 1. The van der Waals surface area contributed by atoms with E-state index in [0.29, 0.717) is 30.4 Å². The Morgan fingerprint density at radius 1 is 1.26 bits per heavy atom. The lowest BCUT2D eigenvalue weighted by Crippen LogP contribution is -2.82. The number of aliphatic hydroxyl groups is 2. The van der Waals surface area contributed by atoms with E-state index in [4.69, 9.17) is 9.47 Å². The van der Waals surface area contributed by atoms with Gasteiger partial charge in [-0.3, -0.25) is 4.90 Å². The van der Waals surface area contributed by atoms with Gasteiger partial charge in [0, 0.05) is 48.2 Å². The molecule has 9 fully saturated rings. The van der Waals surface area contributed by atoms with Gasteiger partial charge in [0.15, 0.2) is 0 Å². The molecule has 2 N–H and O–H groups in total. The number of rotatable bonds is 2. The first-order valence-corrected chi connectivity index (χ1v) is 11.3. The third kappa shape index (κ3) is 1.38. The number of hydrogen-bond donors (Lipinski definition) is 2. The van der Waals surface area contributed by atoms with E-state index >= 15 is 0 Å². The Balaban J connectivity index is 1.49. The second-order valence-corrected chi connectivity index (χ2v) is 11.2. The van der Waals surface area contributed by atoms with Crippen LogP contribution < -0.4 is 0 Å². The van der Waals surface area contributed by atoms with Crippen LogP contribution in [0.4, 0.5) is 0 Å². The third-order valence-corrected chi connectivity index (χ3v) is 11.1. The van der Waals surface area contributed by atoms with Gasteiger partial charge in [0.25, 0.3) is 0 Å². The Kier molecular flexibility index (Phi) is 2.82. The summed E-state index contributed by atoms with van der Waals surface area (Å²) in [7, 11) is 1.76. The zero-order valence-corrected chi connectivity index (χ0v) is 16.7. The number of piperidine rings is 1. The standard InChI is InChI=1S/C22H33NO4/c1-4-23-18-12-8-14-20(2)6-5-15(27-19(20)23)22(14,18)11-7-10-13(26-3)9-21(12,25)16(11)17(10)24/h10-19,24-25H,4-9H2,1-3H3/t10-,11-,12+,13+,14-,15+,16-,17+,18-,19-,20-,21+,22-/m1/s1. The predicted molar refractivity (Wildman–Crippen MR) is 97.7 cm³/mol. The van der Waals surface area contributed by atoms with Crippen molar-refractivity contribution in [2.24, 2.45) is 40.4 Å². The molecule has 5 aliphatic carbocycles. The van der Waals surface area contributed by atoms with Gasteiger partial charge in [-0.2, -0.15) is 0 Å². The summed E-state index contributed by atoms with van der Waals surface area (Å²) in [5.74, 6) is 1.47. The van der Waals surface area contributed by atoms with Gasteiger partial charge in [-0.25, -0.2) is 0 Å². The summed E-state index contributed by atoms with van der Waals surface area (Å²) in [6.07, 6.45) is 5.38. The van der Waals surface area contributed by atoms with Crippen molar-refractivity contribution in [3.8, 4) is 0 Å². The lowest BCUT2D eigenvalue weighted by atomic mass is 9.41. The summed E-state index contributed by atoms with van der Waals surface area (Å²) >= 11 is 0. The summed E-state index contributed by atoms with van der Waals surface area (Å²) in [4.78, 5) is 2.64. The molecular weight excluding hydrogens is 342 g/mol. The van der Waals surface area contributed by atoms with Gasteiger partial charge in [-0.05, 0) is 44.1 Å². The molecule has 4 saturated heterocycles. The highest BCUT2D eigenvalue weighted by atomic mass is 16.5. The van der Waals surface area contributed by atoms with Gasteiger partial charge in [0.2, 0.25) is 0 Å². The maximum atomic E-state index is 12.2. The molecule has 9 aliphatic rings. The fourth-order valence-electron chi connectivity index (χ4n) is 10.6. The molecule has 0 amide bonds. The minimum atomic E-state index is -0.782. The summed E-state index contributed by atoms with van der Waals surface area (Å²) in [5, 5.41) is 23.5. The number of methoxy groups -OCH3 is 1. The lowest BCUT2D eigenvalue weighted by molar-refractivity contribution is -0.391. The zero-order valence-electron chi connectivity index (χ0n) is 16.7. The molecular formula is C22H33NO4. The maximum absolute atomic E-state index is 12.2. The van der Waals surface area contributed by atoms with Gasteiger partial charge in [0.05, 0.1) is 23.9 Å². The smallest absolute Gasteiger partial charge is 0.116 e. The monoisotopic (exact) mass is 375 g/mol.